The van der Waals surface area contributed by atoms with Gasteiger partial charge in [0.05, 0.1) is 24.4 Å². The maximum absolute atomic E-state index is 5.90. The molecule has 0 bridgehead atoms. The van der Waals surface area contributed by atoms with E-state index in [0.717, 1.165) is 16.0 Å². The van der Waals surface area contributed by atoms with Gasteiger partial charge in [0, 0.05) is 16.9 Å². The summed E-state index contributed by atoms with van der Waals surface area (Å²) >= 11 is 7.47. The lowest BCUT2D eigenvalue weighted by Gasteiger charge is -2.12. The van der Waals surface area contributed by atoms with E-state index in [0.29, 0.717) is 37.5 Å². The minimum Gasteiger partial charge on any atom is -0.500 e. The Bertz CT molecular complexity index is 479. The number of aliphatic imine (C=N–C) groups is 2. The molecular formula is C18H29ClN2O2S. The van der Waals surface area contributed by atoms with Crippen LogP contribution in [0.2, 0.25) is 0 Å². The van der Waals surface area contributed by atoms with Crippen LogP contribution in [0.25, 0.3) is 0 Å². The number of thioether (sulfide) groups is 1. The van der Waals surface area contributed by atoms with E-state index in [1.165, 1.54) is 12.8 Å². The van der Waals surface area contributed by atoms with Crippen molar-refractivity contribution in [3.8, 4) is 0 Å². The number of rotatable bonds is 10. The van der Waals surface area contributed by atoms with E-state index in [1.54, 1.807) is 18.0 Å². The second-order valence-corrected chi connectivity index (χ2v) is 7.40. The largest absolute Gasteiger partial charge is 0.500 e. The average molecular weight is 373 g/mol. The first kappa shape index (κ1) is 21.1. The zero-order chi connectivity index (χ0) is 17.8. The number of ether oxygens (including phenoxy) is 2. The summed E-state index contributed by atoms with van der Waals surface area (Å²) in [6.07, 6.45) is 7.80. The average Bonchev–Trinajstić information content (AvgIpc) is 3.35. The van der Waals surface area contributed by atoms with E-state index in [-0.39, 0.29) is 0 Å². The Kier molecular flexibility index (Phi) is 10.9. The summed E-state index contributed by atoms with van der Waals surface area (Å²) in [7, 11) is 0. The second-order valence-electron chi connectivity index (χ2n) is 5.87. The van der Waals surface area contributed by atoms with E-state index in [1.807, 2.05) is 26.0 Å². The highest BCUT2D eigenvalue weighted by Gasteiger charge is 2.29. The standard InChI is InChI=1S/C18H29ClN2O2S/c1-5-11-22-12-10-20-17(16-6-7-16)23-13-24-18(14(2)3)21-9-8-15(4)19/h5,8,11,14,16H,6-7,9-10,12-13H2,1-4H3/b11-5+,15-8+,20-17-,21-18+. The lowest BCUT2D eigenvalue weighted by molar-refractivity contribution is 0.257. The Hall–Kier alpha value is -0.940. The molecule has 0 N–H and O–H groups in total. The van der Waals surface area contributed by atoms with Crippen LogP contribution in [0, 0.1) is 11.8 Å². The number of hydrogen-bond donors (Lipinski definition) is 0. The summed E-state index contributed by atoms with van der Waals surface area (Å²) in [4.78, 5) is 9.13. The highest BCUT2D eigenvalue weighted by Crippen LogP contribution is 2.31. The van der Waals surface area contributed by atoms with Crippen molar-refractivity contribution in [2.75, 3.05) is 25.6 Å². The van der Waals surface area contributed by atoms with Gasteiger partial charge in [-0.2, -0.15) is 0 Å². The van der Waals surface area contributed by atoms with Crippen molar-refractivity contribution in [1.29, 1.82) is 0 Å². The van der Waals surface area contributed by atoms with Crippen molar-refractivity contribution in [2.45, 2.75) is 40.5 Å². The molecule has 0 heterocycles. The summed E-state index contributed by atoms with van der Waals surface area (Å²) in [6.45, 7) is 9.89. The maximum atomic E-state index is 5.90. The molecule has 0 saturated heterocycles. The fourth-order valence-corrected chi connectivity index (χ4v) is 2.67. The molecule has 1 saturated carbocycles. The highest BCUT2D eigenvalue weighted by molar-refractivity contribution is 8.13. The molecule has 0 radical (unpaired) electrons. The van der Waals surface area contributed by atoms with E-state index < -0.39 is 0 Å². The van der Waals surface area contributed by atoms with E-state index in [4.69, 9.17) is 21.1 Å². The number of allylic oxidation sites excluding steroid dienone is 2. The Morgan fingerprint density at radius 1 is 1.33 bits per heavy atom. The van der Waals surface area contributed by atoms with Crippen LogP contribution in [0.5, 0.6) is 0 Å². The van der Waals surface area contributed by atoms with Crippen molar-refractivity contribution >= 4 is 34.3 Å². The van der Waals surface area contributed by atoms with Crippen LogP contribution in [-0.4, -0.2) is 36.6 Å². The fraction of sp³-hybridized carbons (Fsp3) is 0.667. The summed E-state index contributed by atoms with van der Waals surface area (Å²) in [5.41, 5.74) is 0. The molecule has 4 nitrogen and oxygen atoms in total. The van der Waals surface area contributed by atoms with Gasteiger partial charge in [0.2, 0.25) is 0 Å². The van der Waals surface area contributed by atoms with Gasteiger partial charge < -0.3 is 9.47 Å². The fourth-order valence-electron chi connectivity index (χ4n) is 1.80. The van der Waals surface area contributed by atoms with Crippen molar-refractivity contribution in [1.82, 2.24) is 0 Å². The van der Waals surface area contributed by atoms with Gasteiger partial charge in [0.1, 0.15) is 12.5 Å². The van der Waals surface area contributed by atoms with Crippen LogP contribution in [0.1, 0.15) is 40.5 Å². The van der Waals surface area contributed by atoms with Crippen LogP contribution in [-0.2, 0) is 9.47 Å². The Morgan fingerprint density at radius 2 is 2.08 bits per heavy atom. The van der Waals surface area contributed by atoms with Gasteiger partial charge in [-0.1, -0.05) is 43.3 Å². The minimum absolute atomic E-state index is 0.373. The third-order valence-corrected chi connectivity index (χ3v) is 4.45. The first-order chi connectivity index (χ1) is 11.5. The molecular weight excluding hydrogens is 344 g/mol. The molecule has 6 heteroatoms. The van der Waals surface area contributed by atoms with E-state index in [2.05, 4.69) is 23.8 Å². The molecule has 0 atom stereocenters. The van der Waals surface area contributed by atoms with Gasteiger partial charge in [0.15, 0.2) is 5.90 Å². The molecule has 1 aliphatic carbocycles. The molecule has 136 valence electrons. The molecule has 1 aliphatic rings. The van der Waals surface area contributed by atoms with Crippen LogP contribution >= 0.6 is 23.4 Å². The van der Waals surface area contributed by atoms with E-state index in [9.17, 15) is 0 Å². The number of nitrogens with zero attached hydrogens (tertiary/aromatic N) is 2. The first-order valence-electron chi connectivity index (χ1n) is 8.43. The lowest BCUT2D eigenvalue weighted by atomic mass is 10.2. The van der Waals surface area contributed by atoms with Gasteiger partial charge in [-0.25, -0.2) is 0 Å². The summed E-state index contributed by atoms with van der Waals surface area (Å²) < 4.78 is 11.2. The topological polar surface area (TPSA) is 43.2 Å². The molecule has 1 fully saturated rings. The van der Waals surface area contributed by atoms with Crippen molar-refractivity contribution in [2.24, 2.45) is 21.8 Å². The Labute approximate surface area is 155 Å². The van der Waals surface area contributed by atoms with Crippen LogP contribution in [0.4, 0.5) is 0 Å². The van der Waals surface area contributed by atoms with Gasteiger partial charge >= 0.3 is 0 Å². The lowest BCUT2D eigenvalue weighted by Crippen LogP contribution is -2.12. The SMILES string of the molecule is C/C=C/OCC/N=C(\OCS/C(=N/C/C=C(\C)Cl)C(C)C)C1CC1. The summed E-state index contributed by atoms with van der Waals surface area (Å²) in [6, 6.07) is 0. The van der Waals surface area contributed by atoms with E-state index >= 15 is 0 Å². The minimum atomic E-state index is 0.373. The molecule has 0 aromatic carbocycles. The smallest absolute Gasteiger partial charge is 0.187 e. The molecule has 0 aromatic rings. The Morgan fingerprint density at radius 3 is 2.67 bits per heavy atom. The highest BCUT2D eigenvalue weighted by atomic mass is 35.5. The van der Waals surface area contributed by atoms with Gasteiger partial charge in [-0.05, 0) is 32.8 Å². The van der Waals surface area contributed by atoms with Crippen molar-refractivity contribution in [3.05, 3.63) is 23.4 Å². The normalized spacial score (nSPS) is 17.0. The summed E-state index contributed by atoms with van der Waals surface area (Å²) in [5, 5.41) is 1.85. The van der Waals surface area contributed by atoms with Gasteiger partial charge in [-0.3, -0.25) is 9.98 Å². The quantitative estimate of drug-likeness (QED) is 0.173. The predicted molar refractivity (Wildman–Crippen MR) is 106 cm³/mol. The monoisotopic (exact) mass is 372 g/mol. The third kappa shape index (κ3) is 10.0. The molecule has 0 amide bonds. The second kappa shape index (κ2) is 12.4. The number of hydrogen-bond acceptors (Lipinski definition) is 5. The zero-order valence-corrected chi connectivity index (χ0v) is 16.7. The van der Waals surface area contributed by atoms with Crippen LogP contribution in [0.3, 0.4) is 0 Å². The maximum Gasteiger partial charge on any atom is 0.187 e. The molecule has 1 rings (SSSR count). The number of halogens is 1. The van der Waals surface area contributed by atoms with Gasteiger partial charge in [-0.15, -0.1) is 0 Å². The third-order valence-electron chi connectivity index (χ3n) is 3.16. The zero-order valence-electron chi connectivity index (χ0n) is 15.1. The molecule has 0 unspecified atom stereocenters. The van der Waals surface area contributed by atoms with Crippen LogP contribution < -0.4 is 0 Å². The van der Waals surface area contributed by atoms with Crippen molar-refractivity contribution in [3.63, 3.8) is 0 Å². The van der Waals surface area contributed by atoms with Crippen molar-refractivity contribution < 1.29 is 9.47 Å². The molecule has 0 aromatic heterocycles. The first-order valence-corrected chi connectivity index (χ1v) is 9.80. The van der Waals surface area contributed by atoms with Gasteiger partial charge in [0.25, 0.3) is 0 Å². The molecule has 0 spiro atoms. The molecule has 24 heavy (non-hydrogen) atoms. The summed E-state index contributed by atoms with van der Waals surface area (Å²) in [5.74, 6) is 2.28. The Balaban J connectivity index is 2.42. The predicted octanol–water partition coefficient (Wildman–Crippen LogP) is 5.25. The molecule has 0 aliphatic heterocycles. The van der Waals surface area contributed by atoms with Crippen LogP contribution in [0.15, 0.2) is 33.4 Å².